The molecular weight excluding hydrogens is 641 g/mol. The van der Waals surface area contributed by atoms with E-state index in [2.05, 4.69) is 26.2 Å². The van der Waals surface area contributed by atoms with E-state index in [1.807, 2.05) is 19.9 Å². The summed E-state index contributed by atoms with van der Waals surface area (Å²) in [6.07, 6.45) is 5.85. The third-order valence-electron chi connectivity index (χ3n) is 8.55. The first-order valence-electron chi connectivity index (χ1n) is 15.4. The summed E-state index contributed by atoms with van der Waals surface area (Å²) in [6, 6.07) is 13.0. The maximum absolute atomic E-state index is 15.3. The molecule has 1 unspecified atom stereocenters. The summed E-state index contributed by atoms with van der Waals surface area (Å²) in [7, 11) is 0. The predicted molar refractivity (Wildman–Crippen MR) is 176 cm³/mol. The number of carboxylic acids is 1. The van der Waals surface area contributed by atoms with Crippen LogP contribution in [-0.4, -0.2) is 72.7 Å². The van der Waals surface area contributed by atoms with E-state index in [-0.39, 0.29) is 27.9 Å². The van der Waals surface area contributed by atoms with Gasteiger partial charge in [-0.1, -0.05) is 23.7 Å². The van der Waals surface area contributed by atoms with Crippen molar-refractivity contribution < 1.29 is 28.6 Å². The Balaban J connectivity index is 1.40. The van der Waals surface area contributed by atoms with Crippen LogP contribution < -0.4 is 15.4 Å². The predicted octanol–water partition coefficient (Wildman–Crippen LogP) is 4.84. The number of carbonyl (C=O) groups is 3. The number of amides is 2. The van der Waals surface area contributed by atoms with E-state index in [4.69, 9.17) is 16.3 Å². The van der Waals surface area contributed by atoms with Crippen molar-refractivity contribution >= 4 is 41.1 Å². The lowest BCUT2D eigenvalue weighted by Gasteiger charge is -2.48. The monoisotopic (exact) mass is 673 g/mol. The van der Waals surface area contributed by atoms with Gasteiger partial charge in [0.1, 0.15) is 24.2 Å². The lowest BCUT2D eigenvalue weighted by atomic mass is 9.80. The highest BCUT2D eigenvalue weighted by atomic mass is 35.5. The highest BCUT2D eigenvalue weighted by Crippen LogP contribution is 2.44. The standard InChI is InChI=1S/C34H33ClFN7O5/c1-34(2)18-25-23(4-3-5-28(25)48-22-14-16-37-17-15-22)31(32(45)39-21-8-6-20(7-9-21)33(46)47)43(34)29(44)13-10-24-27(42-19-38-40-41-42)12-11-26(35)30(24)36/h3-13,19,22,31,37H,14-18H2,1-2H3,(H,39,45)(H,46,47)/b13-10+. The number of hydrogen-bond acceptors (Lipinski definition) is 8. The van der Waals surface area contributed by atoms with E-state index in [1.54, 1.807) is 12.1 Å². The summed E-state index contributed by atoms with van der Waals surface area (Å²) in [5, 5.41) is 26.4. The molecule has 6 rings (SSSR count). The van der Waals surface area contributed by atoms with Crippen LogP contribution in [0, 0.1) is 5.82 Å². The molecule has 0 bridgehead atoms. The Morgan fingerprint density at radius 2 is 1.85 bits per heavy atom. The van der Waals surface area contributed by atoms with Crippen LogP contribution in [0.4, 0.5) is 10.1 Å². The third-order valence-corrected chi connectivity index (χ3v) is 8.84. The number of tetrazole rings is 1. The van der Waals surface area contributed by atoms with E-state index in [1.165, 1.54) is 64.5 Å². The second-order valence-electron chi connectivity index (χ2n) is 12.2. The van der Waals surface area contributed by atoms with E-state index in [0.717, 1.165) is 31.5 Å². The van der Waals surface area contributed by atoms with Gasteiger partial charge in [-0.25, -0.2) is 9.18 Å². The van der Waals surface area contributed by atoms with Crippen LogP contribution in [0.2, 0.25) is 5.02 Å². The van der Waals surface area contributed by atoms with Gasteiger partial charge in [-0.2, -0.15) is 4.68 Å². The van der Waals surface area contributed by atoms with Crippen molar-refractivity contribution in [1.29, 1.82) is 0 Å². The van der Waals surface area contributed by atoms with Gasteiger partial charge in [0.15, 0.2) is 5.82 Å². The first-order valence-corrected chi connectivity index (χ1v) is 15.8. The Bertz CT molecular complexity index is 1880. The van der Waals surface area contributed by atoms with Gasteiger partial charge in [0.25, 0.3) is 5.91 Å². The van der Waals surface area contributed by atoms with Gasteiger partial charge in [-0.3, -0.25) is 9.59 Å². The normalized spacial score (nSPS) is 17.6. The maximum Gasteiger partial charge on any atom is 0.335 e. The van der Waals surface area contributed by atoms with E-state index in [0.29, 0.717) is 23.4 Å². The van der Waals surface area contributed by atoms with Crippen molar-refractivity contribution in [1.82, 2.24) is 30.4 Å². The molecule has 3 aromatic carbocycles. The number of anilines is 1. The molecule has 2 amide bonds. The molecule has 3 heterocycles. The average molecular weight is 674 g/mol. The van der Waals surface area contributed by atoms with Gasteiger partial charge in [0.05, 0.1) is 16.3 Å². The topological polar surface area (TPSA) is 152 Å². The van der Waals surface area contributed by atoms with Crippen molar-refractivity contribution in [2.24, 2.45) is 0 Å². The summed E-state index contributed by atoms with van der Waals surface area (Å²) in [5.41, 5.74) is 1.15. The molecule has 1 atom stereocenters. The number of carbonyl (C=O) groups excluding carboxylic acids is 2. The first kappa shape index (κ1) is 32.8. The average Bonchev–Trinajstić information content (AvgIpc) is 3.60. The highest BCUT2D eigenvalue weighted by molar-refractivity contribution is 6.31. The van der Waals surface area contributed by atoms with Crippen LogP contribution in [-0.2, 0) is 16.0 Å². The third kappa shape index (κ3) is 6.64. The van der Waals surface area contributed by atoms with Gasteiger partial charge in [0.2, 0.25) is 5.91 Å². The molecule has 12 nitrogen and oxygen atoms in total. The Morgan fingerprint density at radius 1 is 1.10 bits per heavy atom. The van der Waals surface area contributed by atoms with Crippen LogP contribution in [0.15, 0.2) is 67.0 Å². The molecule has 0 spiro atoms. The largest absolute Gasteiger partial charge is 0.490 e. The Hall–Kier alpha value is -5.14. The number of benzene rings is 3. The molecule has 248 valence electrons. The molecule has 1 aromatic heterocycles. The number of hydrogen-bond donors (Lipinski definition) is 3. The fourth-order valence-corrected chi connectivity index (χ4v) is 6.41. The van der Waals surface area contributed by atoms with Gasteiger partial charge in [-0.15, -0.1) is 5.10 Å². The van der Waals surface area contributed by atoms with Crippen molar-refractivity contribution in [2.75, 3.05) is 18.4 Å². The summed E-state index contributed by atoms with van der Waals surface area (Å²) in [5.74, 6) is -2.28. The minimum Gasteiger partial charge on any atom is -0.490 e. The Labute approximate surface area is 280 Å². The minimum atomic E-state index is -1.13. The van der Waals surface area contributed by atoms with Crippen molar-refractivity contribution in [3.05, 3.63) is 100 Å². The number of aromatic carboxylic acids is 1. The lowest BCUT2D eigenvalue weighted by Crippen LogP contribution is -2.56. The minimum absolute atomic E-state index is 0.00505. The second-order valence-corrected chi connectivity index (χ2v) is 12.7. The fourth-order valence-electron chi connectivity index (χ4n) is 6.25. The molecule has 2 aliphatic heterocycles. The van der Waals surface area contributed by atoms with E-state index >= 15 is 4.39 Å². The number of nitrogens with one attached hydrogen (secondary N) is 2. The van der Waals surface area contributed by atoms with Crippen molar-refractivity contribution in [3.8, 4) is 11.4 Å². The van der Waals surface area contributed by atoms with Crippen LogP contribution in [0.1, 0.15) is 59.8 Å². The van der Waals surface area contributed by atoms with Crippen molar-refractivity contribution in [3.63, 3.8) is 0 Å². The number of ether oxygens (including phenoxy) is 1. The van der Waals surface area contributed by atoms with Crippen LogP contribution in [0.3, 0.4) is 0 Å². The molecule has 0 aliphatic carbocycles. The molecular formula is C34H33ClFN7O5. The van der Waals surface area contributed by atoms with E-state index in [9.17, 15) is 19.5 Å². The zero-order chi connectivity index (χ0) is 34.0. The zero-order valence-electron chi connectivity index (χ0n) is 26.2. The van der Waals surface area contributed by atoms with Gasteiger partial charge < -0.3 is 25.4 Å². The molecule has 14 heteroatoms. The van der Waals surface area contributed by atoms with Gasteiger partial charge in [-0.05, 0) is 111 Å². The van der Waals surface area contributed by atoms with Crippen molar-refractivity contribution in [2.45, 2.75) is 50.8 Å². The molecule has 1 fully saturated rings. The number of fused-ring (bicyclic) bond motifs is 1. The SMILES string of the molecule is CC1(C)Cc2c(OC3CCNCC3)cccc2C(C(=O)Nc2ccc(C(=O)O)cc2)N1C(=O)/C=C/c1c(-n2cnnn2)ccc(Cl)c1F. The summed E-state index contributed by atoms with van der Waals surface area (Å²) < 4.78 is 23.1. The molecule has 2 aliphatic rings. The summed E-state index contributed by atoms with van der Waals surface area (Å²) >= 11 is 6.10. The van der Waals surface area contributed by atoms with Gasteiger partial charge >= 0.3 is 5.97 Å². The molecule has 3 N–H and O–H groups in total. The molecule has 4 aromatic rings. The Kier molecular flexibility index (Phi) is 9.24. The number of aromatic nitrogens is 4. The number of piperidine rings is 1. The molecule has 48 heavy (non-hydrogen) atoms. The summed E-state index contributed by atoms with van der Waals surface area (Å²) in [6.45, 7) is 5.40. The van der Waals surface area contributed by atoms with Crippen LogP contribution in [0.5, 0.6) is 5.75 Å². The number of rotatable bonds is 8. The maximum atomic E-state index is 15.3. The summed E-state index contributed by atoms with van der Waals surface area (Å²) in [4.78, 5) is 41.3. The highest BCUT2D eigenvalue weighted by Gasteiger charge is 2.46. The van der Waals surface area contributed by atoms with Crippen LogP contribution >= 0.6 is 11.6 Å². The molecule has 0 saturated carbocycles. The quantitative estimate of drug-likeness (QED) is 0.223. The fraction of sp³-hybridized carbons (Fsp3) is 0.294. The number of halogens is 2. The van der Waals surface area contributed by atoms with Crippen LogP contribution in [0.25, 0.3) is 11.8 Å². The Morgan fingerprint density at radius 3 is 2.54 bits per heavy atom. The smallest absolute Gasteiger partial charge is 0.335 e. The van der Waals surface area contributed by atoms with E-state index < -0.39 is 35.2 Å². The second kappa shape index (κ2) is 13.5. The zero-order valence-corrected chi connectivity index (χ0v) is 26.9. The lowest BCUT2D eigenvalue weighted by molar-refractivity contribution is -0.142. The molecule has 1 saturated heterocycles. The number of carboxylic acid groups (broad SMARTS) is 1. The molecule has 0 radical (unpaired) electrons. The first-order chi connectivity index (χ1) is 23.0. The van der Waals surface area contributed by atoms with Gasteiger partial charge in [0, 0.05) is 28.4 Å². The number of nitrogens with zero attached hydrogens (tertiary/aromatic N) is 5.